The summed E-state index contributed by atoms with van der Waals surface area (Å²) >= 11 is 2.78. The van der Waals surface area contributed by atoms with E-state index >= 15 is 0 Å². The van der Waals surface area contributed by atoms with E-state index in [1.807, 2.05) is 24.3 Å². The lowest BCUT2D eigenvalue weighted by molar-refractivity contribution is -0.142. The molecule has 0 radical (unpaired) electrons. The van der Waals surface area contributed by atoms with Crippen molar-refractivity contribution < 1.29 is 53.4 Å². The number of para-hydroxylation sites is 1. The van der Waals surface area contributed by atoms with E-state index in [0.29, 0.717) is 42.9 Å². The lowest BCUT2D eigenvalue weighted by Crippen LogP contribution is -2.61. The van der Waals surface area contributed by atoms with Crippen LogP contribution in [0.1, 0.15) is 91.5 Å². The van der Waals surface area contributed by atoms with Gasteiger partial charge in [0.05, 0.1) is 12.6 Å². The highest BCUT2D eigenvalue weighted by molar-refractivity contribution is 7.98. The van der Waals surface area contributed by atoms with Gasteiger partial charge in [-0.3, -0.25) is 43.3 Å². The van der Waals surface area contributed by atoms with Gasteiger partial charge in [0.2, 0.25) is 47.3 Å². The maximum absolute atomic E-state index is 14.2. The maximum Gasteiger partial charge on any atom is 0.326 e. The van der Waals surface area contributed by atoms with Gasteiger partial charge in [-0.25, -0.2) is 4.79 Å². The normalized spacial score (nSPS) is 15.2. The number of hydrogen-bond acceptors (Lipinski definition) is 15. The van der Waals surface area contributed by atoms with Crippen LogP contribution >= 0.6 is 23.5 Å². The third-order valence-electron chi connectivity index (χ3n) is 12.7. The Morgan fingerprint density at radius 1 is 0.636 bits per heavy atom. The van der Waals surface area contributed by atoms with Crippen LogP contribution in [0.4, 0.5) is 0 Å². The molecule has 1 heterocycles. The molecule has 0 saturated carbocycles. The Balaban J connectivity index is 2.33. The molecule has 27 heteroatoms. The number of unbranched alkanes of at least 4 members (excludes halogenated alkanes) is 1. The first-order valence-corrected chi connectivity index (χ1v) is 28.6. The standard InChI is InChI=1S/C50H84N14O11S2/c1-8-28(4)40(64-46(71)38(26-65)63-47(72)39(52)27(2)3)48(73)61-35(18-22-76-6)42(67)57-29(5)41(66)58-34(17-13-21-55-50(53)54)43(68)60-36(19-23-77-7)45(70)59-33(16-11-12-20-51)44(69)62-37(49(74)75)24-30-25-56-32-15-10-9-14-31(30)32/h9-10,14-15,25,27-29,33-40,56,65H,8,11-13,16-24,26,51-52H2,1-7H3,(H,57,67)(H,58,66)(H,59,70)(H,60,68)(H,61,73)(H,62,69)(H,63,72)(H,64,71)(H,74,75)(H4,53,54,55)/t28-,29-,33-,34-,35-,36-,37-,38-,39-,40-/m0/s1. The van der Waals surface area contributed by atoms with Crippen LogP contribution in [0, 0.1) is 11.8 Å². The number of aliphatic hydroxyl groups is 1. The zero-order valence-electron chi connectivity index (χ0n) is 45.3. The number of nitrogens with one attached hydrogen (secondary N) is 9. The summed E-state index contributed by atoms with van der Waals surface area (Å²) < 4.78 is 0. The fraction of sp³-hybridized carbons (Fsp3) is 0.640. The first-order chi connectivity index (χ1) is 36.5. The summed E-state index contributed by atoms with van der Waals surface area (Å²) in [5.41, 5.74) is 24.2. The molecule has 432 valence electrons. The van der Waals surface area contributed by atoms with Gasteiger partial charge in [-0.2, -0.15) is 23.5 Å². The molecule has 2 rings (SSSR count). The largest absolute Gasteiger partial charge is 0.480 e. The van der Waals surface area contributed by atoms with Gasteiger partial charge < -0.3 is 80.7 Å². The van der Waals surface area contributed by atoms with Crippen LogP contribution in [0.15, 0.2) is 35.5 Å². The van der Waals surface area contributed by atoms with Crippen molar-refractivity contribution in [1.29, 1.82) is 0 Å². The van der Waals surface area contributed by atoms with Gasteiger partial charge in [0.15, 0.2) is 5.96 Å². The fourth-order valence-corrected chi connectivity index (χ4v) is 8.68. The number of thioether (sulfide) groups is 2. The van der Waals surface area contributed by atoms with E-state index in [-0.39, 0.29) is 56.9 Å². The molecule has 0 aliphatic rings. The van der Waals surface area contributed by atoms with Gasteiger partial charge in [-0.05, 0) is 106 Å². The van der Waals surface area contributed by atoms with Crippen molar-refractivity contribution in [3.8, 4) is 0 Å². The van der Waals surface area contributed by atoms with E-state index in [4.69, 9.17) is 22.9 Å². The van der Waals surface area contributed by atoms with Crippen molar-refractivity contribution in [1.82, 2.24) is 47.5 Å². The minimum atomic E-state index is -1.43. The lowest BCUT2D eigenvalue weighted by Gasteiger charge is -2.29. The van der Waals surface area contributed by atoms with Crippen LogP contribution < -0.4 is 65.5 Å². The summed E-state index contributed by atoms with van der Waals surface area (Å²) in [5.74, 6) is -7.57. The number of aromatic amines is 1. The number of carboxylic acids is 1. The lowest BCUT2D eigenvalue weighted by atomic mass is 9.97. The van der Waals surface area contributed by atoms with E-state index < -0.39 is 120 Å². The van der Waals surface area contributed by atoms with Crippen molar-refractivity contribution in [3.63, 3.8) is 0 Å². The molecular weight excluding hydrogens is 1040 g/mol. The zero-order valence-corrected chi connectivity index (χ0v) is 46.9. The number of guanidine groups is 1. The Kier molecular flexibility index (Phi) is 30.7. The number of hydrogen-bond donors (Lipinski definition) is 15. The smallest absolute Gasteiger partial charge is 0.326 e. The summed E-state index contributed by atoms with van der Waals surface area (Å²) in [7, 11) is 0. The number of nitrogens with zero attached hydrogens (tertiary/aromatic N) is 1. The molecule has 10 atom stereocenters. The Morgan fingerprint density at radius 2 is 1.13 bits per heavy atom. The Bertz CT molecular complexity index is 2280. The summed E-state index contributed by atoms with van der Waals surface area (Å²) in [4.78, 5) is 129. The second kappa shape index (κ2) is 35.3. The van der Waals surface area contributed by atoms with Crippen molar-refractivity contribution >= 4 is 93.6 Å². The number of carboxylic acid groups (broad SMARTS) is 1. The second-order valence-electron chi connectivity index (χ2n) is 19.1. The van der Waals surface area contributed by atoms with Crippen molar-refractivity contribution in [3.05, 3.63) is 36.0 Å². The molecule has 0 spiro atoms. The van der Waals surface area contributed by atoms with Crippen molar-refractivity contribution in [2.75, 3.05) is 43.7 Å². The maximum atomic E-state index is 14.2. The van der Waals surface area contributed by atoms with Gasteiger partial charge in [0.25, 0.3) is 0 Å². The number of nitrogens with two attached hydrogens (primary N) is 4. The molecule has 19 N–H and O–H groups in total. The average Bonchev–Trinajstić information content (AvgIpc) is 3.80. The van der Waals surface area contributed by atoms with Gasteiger partial charge in [-0.15, -0.1) is 0 Å². The van der Waals surface area contributed by atoms with Crippen molar-refractivity contribution in [2.24, 2.45) is 39.8 Å². The van der Waals surface area contributed by atoms with Crippen LogP contribution in [0.25, 0.3) is 10.9 Å². The number of amides is 8. The van der Waals surface area contributed by atoms with E-state index in [1.165, 1.54) is 30.4 Å². The van der Waals surface area contributed by atoms with Gasteiger partial charge in [0.1, 0.15) is 48.3 Å². The summed E-state index contributed by atoms with van der Waals surface area (Å²) in [6.45, 7) is 7.86. The van der Waals surface area contributed by atoms with Gasteiger partial charge in [-0.1, -0.05) is 52.3 Å². The molecule has 0 aliphatic carbocycles. The first-order valence-electron chi connectivity index (χ1n) is 25.8. The molecule has 25 nitrogen and oxygen atoms in total. The fourth-order valence-electron chi connectivity index (χ4n) is 7.74. The monoisotopic (exact) mass is 1120 g/mol. The van der Waals surface area contributed by atoms with Gasteiger partial charge >= 0.3 is 5.97 Å². The number of fused-ring (bicyclic) bond motifs is 1. The van der Waals surface area contributed by atoms with E-state index in [1.54, 1.807) is 46.4 Å². The van der Waals surface area contributed by atoms with E-state index in [9.17, 15) is 53.4 Å². The summed E-state index contributed by atoms with van der Waals surface area (Å²) in [5, 5.41) is 41.9. The minimum absolute atomic E-state index is 0.0382. The molecule has 1 aromatic heterocycles. The molecule has 8 amide bonds. The highest BCUT2D eigenvalue weighted by Crippen LogP contribution is 2.20. The van der Waals surface area contributed by atoms with E-state index in [2.05, 4.69) is 52.5 Å². The van der Waals surface area contributed by atoms with Crippen LogP contribution in [-0.4, -0.2) is 172 Å². The molecule has 0 unspecified atom stereocenters. The molecule has 0 saturated heterocycles. The highest BCUT2D eigenvalue weighted by atomic mass is 32.2. The molecule has 0 aliphatic heterocycles. The van der Waals surface area contributed by atoms with Gasteiger partial charge in [0, 0.05) is 30.1 Å². The number of H-pyrrole nitrogens is 1. The number of aromatic nitrogens is 1. The topological polar surface area (TPSA) is 423 Å². The number of aliphatic imine (C=N–C) groups is 1. The zero-order chi connectivity index (χ0) is 57.8. The number of carbonyl (C=O) groups excluding carboxylic acids is 8. The first kappa shape index (κ1) is 67.0. The Morgan fingerprint density at radius 3 is 1.65 bits per heavy atom. The molecule has 1 aromatic carbocycles. The number of carbonyl (C=O) groups is 9. The van der Waals surface area contributed by atoms with Crippen molar-refractivity contribution in [2.45, 2.75) is 147 Å². The predicted molar refractivity (Wildman–Crippen MR) is 299 cm³/mol. The number of aliphatic hydroxyl groups excluding tert-OH is 1. The highest BCUT2D eigenvalue weighted by Gasteiger charge is 2.35. The Labute approximate surface area is 459 Å². The minimum Gasteiger partial charge on any atom is -0.480 e. The quantitative estimate of drug-likeness (QED) is 0.0206. The van der Waals surface area contributed by atoms with Crippen LogP contribution in [0.2, 0.25) is 0 Å². The average molecular weight is 1120 g/mol. The molecule has 0 bridgehead atoms. The van der Waals surface area contributed by atoms with Crippen LogP contribution in [0.5, 0.6) is 0 Å². The molecule has 77 heavy (non-hydrogen) atoms. The molecular formula is C50H84N14O11S2. The number of benzene rings is 1. The number of aliphatic carboxylic acids is 1. The second-order valence-corrected chi connectivity index (χ2v) is 21.1. The predicted octanol–water partition coefficient (Wildman–Crippen LogP) is -1.60. The van der Waals surface area contributed by atoms with Crippen LogP contribution in [-0.2, 0) is 49.6 Å². The number of rotatable bonds is 37. The van der Waals surface area contributed by atoms with Crippen LogP contribution in [0.3, 0.4) is 0 Å². The SMILES string of the molecule is CC[C@H](C)[C@H](NC(=O)[C@H](CO)NC(=O)[C@@H](N)C(C)C)C(=O)N[C@@H](CCSC)C(=O)N[C@@H](C)C(=O)N[C@@H](CCCN=C(N)N)C(=O)N[C@@H](CCSC)C(=O)N[C@@H](CCCCN)C(=O)N[C@@H](Cc1c[nH]c2ccccc12)C(=O)O. The summed E-state index contributed by atoms with van der Waals surface area (Å²) in [6.07, 6.45) is 6.95. The summed E-state index contributed by atoms with van der Waals surface area (Å²) in [6, 6.07) is -3.93. The third kappa shape index (κ3) is 23.1. The van der Waals surface area contributed by atoms with E-state index in [0.717, 1.165) is 10.9 Å². The third-order valence-corrected chi connectivity index (χ3v) is 14.0. The molecule has 0 fully saturated rings. The molecule has 2 aromatic rings. The Hall–Kier alpha value is -6.16.